The van der Waals surface area contributed by atoms with E-state index in [0.717, 1.165) is 18.4 Å². The SMILES string of the molecule is COCCNC(=O)CC[C@@]12CC[C@@](C)(O)C[C@H]1C(C)(C)C[C@@H]2NC(=O)Cc1ccccc1. The van der Waals surface area contributed by atoms with Crippen LogP contribution in [0.3, 0.4) is 0 Å². The van der Waals surface area contributed by atoms with Crippen molar-refractivity contribution in [3.63, 3.8) is 0 Å². The van der Waals surface area contributed by atoms with Crippen LogP contribution in [0.4, 0.5) is 0 Å². The number of aliphatic hydroxyl groups is 1. The lowest BCUT2D eigenvalue weighted by Crippen LogP contribution is -2.53. The predicted molar refractivity (Wildman–Crippen MR) is 125 cm³/mol. The summed E-state index contributed by atoms with van der Waals surface area (Å²) >= 11 is 0. The average molecular weight is 445 g/mol. The van der Waals surface area contributed by atoms with Crippen LogP contribution >= 0.6 is 0 Å². The first-order chi connectivity index (χ1) is 15.1. The molecule has 0 aromatic heterocycles. The molecule has 3 N–H and O–H groups in total. The standard InChI is InChI=1S/C26H40N2O4/c1-24(2)18-21(28-23(30)16-19-8-6-5-7-9-19)26(11-10-22(29)27-14-15-32-4)13-12-25(3,31)17-20(24)26/h5-9,20-21,31H,10-18H2,1-4H3,(H,27,29)(H,28,30)/t20-,21-,25+,26+/m0/s1. The van der Waals surface area contributed by atoms with Gasteiger partial charge in [0, 0.05) is 26.1 Å². The van der Waals surface area contributed by atoms with Gasteiger partial charge in [-0.2, -0.15) is 0 Å². The van der Waals surface area contributed by atoms with Gasteiger partial charge in [-0.1, -0.05) is 44.2 Å². The fourth-order valence-electron chi connectivity index (χ4n) is 6.19. The number of carbonyl (C=O) groups excluding carboxylic acids is 2. The Bertz CT molecular complexity index is 792. The zero-order valence-electron chi connectivity index (χ0n) is 20.1. The lowest BCUT2D eigenvalue weighted by atomic mass is 9.57. The van der Waals surface area contributed by atoms with Crippen molar-refractivity contribution in [2.45, 2.75) is 77.4 Å². The van der Waals surface area contributed by atoms with Gasteiger partial charge in [0.2, 0.25) is 11.8 Å². The molecule has 1 aromatic carbocycles. The molecule has 2 fully saturated rings. The minimum atomic E-state index is -0.699. The van der Waals surface area contributed by atoms with E-state index in [4.69, 9.17) is 4.74 Å². The summed E-state index contributed by atoms with van der Waals surface area (Å²) in [6.07, 6.45) is 4.56. The number of nitrogens with one attached hydrogen (secondary N) is 2. The highest BCUT2D eigenvalue weighted by Crippen LogP contribution is 2.63. The van der Waals surface area contributed by atoms with E-state index in [0.29, 0.717) is 45.3 Å². The molecule has 0 bridgehead atoms. The van der Waals surface area contributed by atoms with Gasteiger partial charge in [-0.3, -0.25) is 9.59 Å². The topological polar surface area (TPSA) is 87.7 Å². The van der Waals surface area contributed by atoms with Crippen molar-refractivity contribution in [3.05, 3.63) is 35.9 Å². The maximum Gasteiger partial charge on any atom is 0.224 e. The molecule has 178 valence electrons. The van der Waals surface area contributed by atoms with E-state index >= 15 is 0 Å². The summed E-state index contributed by atoms with van der Waals surface area (Å²) in [6, 6.07) is 9.79. The molecule has 2 aliphatic carbocycles. The fourth-order valence-corrected chi connectivity index (χ4v) is 6.19. The zero-order chi connectivity index (χ0) is 23.4. The van der Waals surface area contributed by atoms with Crippen LogP contribution in [0.2, 0.25) is 0 Å². The fraction of sp³-hybridized carbons (Fsp3) is 0.692. The van der Waals surface area contributed by atoms with E-state index in [1.165, 1.54) is 0 Å². The van der Waals surface area contributed by atoms with Gasteiger partial charge in [0.15, 0.2) is 0 Å². The molecule has 1 aromatic rings. The maximum atomic E-state index is 13.0. The maximum absolute atomic E-state index is 13.0. The summed E-state index contributed by atoms with van der Waals surface area (Å²) in [5, 5.41) is 17.1. The van der Waals surface area contributed by atoms with Gasteiger partial charge < -0.3 is 20.5 Å². The van der Waals surface area contributed by atoms with Crippen molar-refractivity contribution in [3.8, 4) is 0 Å². The van der Waals surface area contributed by atoms with Crippen molar-refractivity contribution < 1.29 is 19.4 Å². The van der Waals surface area contributed by atoms with E-state index in [1.54, 1.807) is 7.11 Å². The molecule has 32 heavy (non-hydrogen) atoms. The second-order valence-electron chi connectivity index (χ2n) is 10.8. The number of rotatable bonds is 9. The Balaban J connectivity index is 1.77. The molecule has 4 atom stereocenters. The number of methoxy groups -OCH3 is 1. The number of benzene rings is 1. The van der Waals surface area contributed by atoms with Gasteiger partial charge in [-0.15, -0.1) is 0 Å². The Kier molecular flexibility index (Phi) is 7.66. The van der Waals surface area contributed by atoms with Crippen LogP contribution in [0.25, 0.3) is 0 Å². The quantitative estimate of drug-likeness (QED) is 0.511. The number of carbonyl (C=O) groups is 2. The second-order valence-corrected chi connectivity index (χ2v) is 10.8. The molecule has 0 unspecified atom stereocenters. The molecular weight excluding hydrogens is 404 g/mol. The monoisotopic (exact) mass is 444 g/mol. The smallest absolute Gasteiger partial charge is 0.224 e. The molecule has 2 saturated carbocycles. The number of hydrogen-bond acceptors (Lipinski definition) is 4. The summed E-state index contributed by atoms with van der Waals surface area (Å²) in [4.78, 5) is 25.5. The largest absolute Gasteiger partial charge is 0.390 e. The van der Waals surface area contributed by atoms with Crippen LogP contribution in [-0.4, -0.2) is 48.8 Å². The Morgan fingerprint density at radius 1 is 1.09 bits per heavy atom. The minimum absolute atomic E-state index is 0.00147. The highest BCUT2D eigenvalue weighted by molar-refractivity contribution is 5.79. The predicted octanol–water partition coefficient (Wildman–Crippen LogP) is 3.22. The van der Waals surface area contributed by atoms with E-state index in [1.807, 2.05) is 37.3 Å². The molecule has 0 spiro atoms. The number of ether oxygens (including phenoxy) is 1. The van der Waals surface area contributed by atoms with E-state index in [2.05, 4.69) is 24.5 Å². The molecule has 0 heterocycles. The molecule has 6 heteroatoms. The Labute approximate surface area is 192 Å². The van der Waals surface area contributed by atoms with Gasteiger partial charge in [0.25, 0.3) is 0 Å². The number of hydrogen-bond donors (Lipinski definition) is 3. The number of amides is 2. The molecule has 3 rings (SSSR count). The van der Waals surface area contributed by atoms with Crippen LogP contribution in [0, 0.1) is 16.7 Å². The summed E-state index contributed by atoms with van der Waals surface area (Å²) in [5.74, 6) is 0.290. The normalized spacial score (nSPS) is 31.0. The molecule has 6 nitrogen and oxygen atoms in total. The first kappa shape index (κ1) is 24.7. The molecule has 2 amide bonds. The van der Waals surface area contributed by atoms with Crippen molar-refractivity contribution in [2.75, 3.05) is 20.3 Å². The third-order valence-electron chi connectivity index (χ3n) is 7.82. The highest BCUT2D eigenvalue weighted by atomic mass is 16.5. The Morgan fingerprint density at radius 3 is 2.50 bits per heavy atom. The van der Waals surface area contributed by atoms with Gasteiger partial charge in [-0.05, 0) is 61.3 Å². The molecule has 2 aliphatic rings. The molecule has 0 saturated heterocycles. The van der Waals surface area contributed by atoms with Crippen molar-refractivity contribution >= 4 is 11.8 Å². The minimum Gasteiger partial charge on any atom is -0.390 e. The van der Waals surface area contributed by atoms with Crippen molar-refractivity contribution in [1.29, 1.82) is 0 Å². The first-order valence-corrected chi connectivity index (χ1v) is 11.9. The van der Waals surface area contributed by atoms with Crippen LogP contribution in [0.5, 0.6) is 0 Å². The highest BCUT2D eigenvalue weighted by Gasteiger charge is 2.61. The summed E-state index contributed by atoms with van der Waals surface area (Å²) in [6.45, 7) is 7.41. The molecule has 0 radical (unpaired) electrons. The van der Waals surface area contributed by atoms with E-state index in [9.17, 15) is 14.7 Å². The average Bonchev–Trinajstić information content (AvgIpc) is 2.93. The molecule has 0 aliphatic heterocycles. The van der Waals surface area contributed by atoms with Crippen LogP contribution < -0.4 is 10.6 Å². The second kappa shape index (κ2) is 9.92. The summed E-state index contributed by atoms with van der Waals surface area (Å²) < 4.78 is 5.02. The zero-order valence-corrected chi connectivity index (χ0v) is 20.1. The van der Waals surface area contributed by atoms with Crippen molar-refractivity contribution in [1.82, 2.24) is 10.6 Å². The van der Waals surface area contributed by atoms with Gasteiger partial charge in [-0.25, -0.2) is 0 Å². The third kappa shape index (κ3) is 5.70. The molecular formula is C26H40N2O4. The lowest BCUT2D eigenvalue weighted by molar-refractivity contribution is -0.125. The lowest BCUT2D eigenvalue weighted by Gasteiger charge is -2.50. The first-order valence-electron chi connectivity index (χ1n) is 11.9. The van der Waals surface area contributed by atoms with Gasteiger partial charge in [0.1, 0.15) is 0 Å². The summed E-state index contributed by atoms with van der Waals surface area (Å²) in [7, 11) is 1.62. The third-order valence-corrected chi connectivity index (χ3v) is 7.82. The Hall–Kier alpha value is -1.92. The van der Waals surface area contributed by atoms with Crippen LogP contribution in [-0.2, 0) is 20.7 Å². The van der Waals surface area contributed by atoms with Crippen LogP contribution in [0.1, 0.15) is 64.9 Å². The van der Waals surface area contributed by atoms with E-state index in [-0.39, 0.29) is 34.6 Å². The summed E-state index contributed by atoms with van der Waals surface area (Å²) in [5.41, 5.74) is 0.0879. The number of fused-ring (bicyclic) bond motifs is 1. The van der Waals surface area contributed by atoms with Gasteiger partial charge >= 0.3 is 0 Å². The van der Waals surface area contributed by atoms with Crippen molar-refractivity contribution in [2.24, 2.45) is 16.7 Å². The van der Waals surface area contributed by atoms with Crippen LogP contribution in [0.15, 0.2) is 30.3 Å². The van der Waals surface area contributed by atoms with E-state index < -0.39 is 5.60 Å². The Morgan fingerprint density at radius 2 is 1.81 bits per heavy atom. The van der Waals surface area contributed by atoms with Gasteiger partial charge in [0.05, 0.1) is 18.6 Å².